The maximum absolute atomic E-state index is 12.0. The smallest absolute Gasteiger partial charge is 0.229 e. The summed E-state index contributed by atoms with van der Waals surface area (Å²) in [5.41, 5.74) is 1.10. The number of nitrogens with zero attached hydrogens (tertiary/aromatic N) is 1. The average molecular weight is 229 g/mol. The Hall–Kier alpha value is -1.86. The van der Waals surface area contributed by atoms with Crippen molar-refractivity contribution in [1.82, 2.24) is 5.32 Å². The van der Waals surface area contributed by atoms with Crippen LogP contribution in [0.2, 0.25) is 0 Å². The van der Waals surface area contributed by atoms with E-state index in [1.54, 1.807) is 18.2 Å². The van der Waals surface area contributed by atoms with Crippen LogP contribution in [0.25, 0.3) is 0 Å². The van der Waals surface area contributed by atoms with E-state index in [4.69, 9.17) is 5.26 Å². The van der Waals surface area contributed by atoms with Crippen LogP contribution >= 0.6 is 0 Å². The first-order chi connectivity index (χ1) is 8.22. The van der Waals surface area contributed by atoms with E-state index >= 15 is 0 Å². The van der Waals surface area contributed by atoms with Crippen molar-refractivity contribution in [3.05, 3.63) is 29.8 Å². The zero-order valence-electron chi connectivity index (χ0n) is 9.73. The molecule has 1 aromatic rings. The van der Waals surface area contributed by atoms with E-state index in [9.17, 15) is 4.79 Å². The van der Waals surface area contributed by atoms with Gasteiger partial charge >= 0.3 is 0 Å². The number of hydrogen-bond donors (Lipinski definition) is 2. The van der Waals surface area contributed by atoms with Gasteiger partial charge in [-0.3, -0.25) is 4.79 Å². The van der Waals surface area contributed by atoms with E-state index < -0.39 is 0 Å². The Morgan fingerprint density at radius 2 is 2.24 bits per heavy atom. The molecule has 0 unspecified atom stereocenters. The lowest BCUT2D eigenvalue weighted by Crippen LogP contribution is -2.28. The molecule has 0 radical (unpaired) electrons. The summed E-state index contributed by atoms with van der Waals surface area (Å²) in [6.07, 6.45) is 0. The van der Waals surface area contributed by atoms with Crippen molar-refractivity contribution in [2.45, 2.75) is 6.92 Å². The molecule has 2 atom stereocenters. The minimum atomic E-state index is -0.0123. The number of carbonyl (C=O) groups is 1. The summed E-state index contributed by atoms with van der Waals surface area (Å²) >= 11 is 0. The molecule has 2 N–H and O–H groups in total. The molecule has 1 aliphatic rings. The molecule has 1 fully saturated rings. The van der Waals surface area contributed by atoms with Gasteiger partial charge in [0, 0.05) is 6.54 Å². The Morgan fingerprint density at radius 1 is 1.47 bits per heavy atom. The summed E-state index contributed by atoms with van der Waals surface area (Å²) < 4.78 is 0. The molecule has 2 rings (SSSR count). The van der Waals surface area contributed by atoms with E-state index in [0.29, 0.717) is 23.7 Å². The number of benzene rings is 1. The highest BCUT2D eigenvalue weighted by atomic mass is 16.1. The van der Waals surface area contributed by atoms with Crippen molar-refractivity contribution in [1.29, 1.82) is 5.26 Å². The van der Waals surface area contributed by atoms with Gasteiger partial charge in [-0.1, -0.05) is 19.1 Å². The molecule has 0 aromatic heterocycles. The fraction of sp³-hybridized carbons (Fsp3) is 0.385. The molecular formula is C13H15N3O. The van der Waals surface area contributed by atoms with Gasteiger partial charge in [-0.05, 0) is 24.6 Å². The molecule has 0 bridgehead atoms. The van der Waals surface area contributed by atoms with Crippen LogP contribution in [0, 0.1) is 23.2 Å². The normalized spacial score (nSPS) is 23.1. The van der Waals surface area contributed by atoms with Gasteiger partial charge in [0.1, 0.15) is 6.07 Å². The van der Waals surface area contributed by atoms with Crippen LogP contribution in [0.4, 0.5) is 5.69 Å². The van der Waals surface area contributed by atoms with E-state index in [-0.39, 0.29) is 11.8 Å². The summed E-state index contributed by atoms with van der Waals surface area (Å²) in [7, 11) is 0. The quantitative estimate of drug-likeness (QED) is 0.804. The predicted molar refractivity (Wildman–Crippen MR) is 65.3 cm³/mol. The summed E-state index contributed by atoms with van der Waals surface area (Å²) in [5.74, 6) is 0.316. The molecule has 4 heteroatoms. The topological polar surface area (TPSA) is 64.9 Å². The van der Waals surface area contributed by atoms with Gasteiger partial charge in [0.2, 0.25) is 5.91 Å². The lowest BCUT2D eigenvalue weighted by Gasteiger charge is -2.14. The van der Waals surface area contributed by atoms with Gasteiger partial charge in [0.25, 0.3) is 0 Å². The van der Waals surface area contributed by atoms with Gasteiger partial charge in [-0.2, -0.15) is 5.26 Å². The van der Waals surface area contributed by atoms with Crippen LogP contribution in [-0.4, -0.2) is 19.0 Å². The molecule has 1 heterocycles. The van der Waals surface area contributed by atoms with Gasteiger partial charge in [0.05, 0.1) is 17.2 Å². The monoisotopic (exact) mass is 229 g/mol. The number of nitriles is 1. The zero-order valence-corrected chi connectivity index (χ0v) is 9.73. The number of amides is 1. The van der Waals surface area contributed by atoms with Crippen LogP contribution in [0.5, 0.6) is 0 Å². The maximum Gasteiger partial charge on any atom is 0.229 e. The number of para-hydroxylation sites is 1. The predicted octanol–water partition coefficient (Wildman–Crippen LogP) is 1.35. The lowest BCUT2D eigenvalue weighted by atomic mass is 9.97. The molecule has 1 aromatic carbocycles. The Morgan fingerprint density at radius 3 is 2.88 bits per heavy atom. The van der Waals surface area contributed by atoms with Crippen LogP contribution in [0.3, 0.4) is 0 Å². The zero-order chi connectivity index (χ0) is 12.3. The second-order valence-electron chi connectivity index (χ2n) is 4.39. The molecule has 1 aliphatic heterocycles. The van der Waals surface area contributed by atoms with Gasteiger partial charge in [-0.25, -0.2) is 0 Å². The molecule has 1 amide bonds. The largest absolute Gasteiger partial charge is 0.325 e. The Kier molecular flexibility index (Phi) is 3.40. The van der Waals surface area contributed by atoms with E-state index in [2.05, 4.69) is 23.6 Å². The number of anilines is 1. The van der Waals surface area contributed by atoms with E-state index in [0.717, 1.165) is 6.54 Å². The van der Waals surface area contributed by atoms with Crippen molar-refractivity contribution in [2.75, 3.05) is 18.4 Å². The third-order valence-electron chi connectivity index (χ3n) is 3.16. The molecule has 1 saturated heterocycles. The fourth-order valence-corrected chi connectivity index (χ4v) is 2.08. The Balaban J connectivity index is 2.11. The second kappa shape index (κ2) is 4.98. The van der Waals surface area contributed by atoms with Gasteiger partial charge in [-0.15, -0.1) is 0 Å². The second-order valence-corrected chi connectivity index (χ2v) is 4.39. The van der Waals surface area contributed by atoms with E-state index in [1.165, 1.54) is 0 Å². The Labute approximate surface area is 101 Å². The first kappa shape index (κ1) is 11.6. The summed E-state index contributed by atoms with van der Waals surface area (Å²) in [5, 5.41) is 15.0. The van der Waals surface area contributed by atoms with Crippen molar-refractivity contribution in [3.8, 4) is 6.07 Å². The van der Waals surface area contributed by atoms with E-state index in [1.807, 2.05) is 6.07 Å². The van der Waals surface area contributed by atoms with Crippen molar-refractivity contribution < 1.29 is 4.79 Å². The van der Waals surface area contributed by atoms with Gasteiger partial charge < -0.3 is 10.6 Å². The minimum absolute atomic E-state index is 0.00907. The summed E-state index contributed by atoms with van der Waals surface area (Å²) in [4.78, 5) is 12.0. The standard InChI is InChI=1S/C13H15N3O/c1-9-7-15-8-11(9)13(17)16-12-5-3-2-4-10(12)6-14/h2-5,9,11,15H,7-8H2,1H3,(H,16,17)/t9-,11-/m1/s1. The van der Waals surface area contributed by atoms with Crippen LogP contribution in [0.1, 0.15) is 12.5 Å². The maximum atomic E-state index is 12.0. The average Bonchev–Trinajstić information content (AvgIpc) is 2.76. The molecule has 4 nitrogen and oxygen atoms in total. The molecule has 0 spiro atoms. The minimum Gasteiger partial charge on any atom is -0.325 e. The number of carbonyl (C=O) groups excluding carboxylic acids is 1. The van der Waals surface area contributed by atoms with Crippen molar-refractivity contribution in [3.63, 3.8) is 0 Å². The molecule has 0 saturated carbocycles. The highest BCUT2D eigenvalue weighted by molar-refractivity contribution is 5.94. The number of rotatable bonds is 2. The number of nitrogens with one attached hydrogen (secondary N) is 2. The molecule has 17 heavy (non-hydrogen) atoms. The fourth-order valence-electron chi connectivity index (χ4n) is 2.08. The molecule has 88 valence electrons. The molecular weight excluding hydrogens is 214 g/mol. The van der Waals surface area contributed by atoms with Gasteiger partial charge in [0.15, 0.2) is 0 Å². The van der Waals surface area contributed by atoms with Crippen LogP contribution < -0.4 is 10.6 Å². The van der Waals surface area contributed by atoms with Crippen LogP contribution in [0.15, 0.2) is 24.3 Å². The van der Waals surface area contributed by atoms with Crippen LogP contribution in [-0.2, 0) is 4.79 Å². The Bertz CT molecular complexity index is 464. The summed E-state index contributed by atoms with van der Waals surface area (Å²) in [6.45, 7) is 3.64. The molecule has 0 aliphatic carbocycles. The lowest BCUT2D eigenvalue weighted by molar-refractivity contribution is -0.120. The highest BCUT2D eigenvalue weighted by Gasteiger charge is 2.29. The highest BCUT2D eigenvalue weighted by Crippen LogP contribution is 2.20. The third-order valence-corrected chi connectivity index (χ3v) is 3.16. The third kappa shape index (κ3) is 2.45. The SMILES string of the molecule is C[C@@H]1CNC[C@H]1C(=O)Nc1ccccc1C#N. The van der Waals surface area contributed by atoms with Crippen molar-refractivity contribution >= 4 is 11.6 Å². The number of hydrogen-bond acceptors (Lipinski definition) is 3. The first-order valence-electron chi connectivity index (χ1n) is 5.73. The van der Waals surface area contributed by atoms with Crippen molar-refractivity contribution in [2.24, 2.45) is 11.8 Å². The first-order valence-corrected chi connectivity index (χ1v) is 5.73. The summed E-state index contributed by atoms with van der Waals surface area (Å²) in [6, 6.07) is 9.12.